The van der Waals surface area contributed by atoms with Gasteiger partial charge in [0.15, 0.2) is 0 Å². The fourth-order valence-electron chi connectivity index (χ4n) is 1.52. The summed E-state index contributed by atoms with van der Waals surface area (Å²) in [6.07, 6.45) is 3.65. The summed E-state index contributed by atoms with van der Waals surface area (Å²) in [6.45, 7) is 2.96. The second-order valence-corrected chi connectivity index (χ2v) is 5.14. The number of hydrogen-bond acceptors (Lipinski definition) is 5. The van der Waals surface area contributed by atoms with Crippen molar-refractivity contribution < 1.29 is 4.79 Å². The number of hydrogen-bond donors (Lipinski definition) is 2. The summed E-state index contributed by atoms with van der Waals surface area (Å²) in [5, 5.41) is 0. The van der Waals surface area contributed by atoms with Gasteiger partial charge < -0.3 is 0 Å². The third-order valence-electron chi connectivity index (χ3n) is 2.79. The van der Waals surface area contributed by atoms with E-state index < -0.39 is 0 Å². The number of thioether (sulfide) groups is 1. The van der Waals surface area contributed by atoms with Crippen molar-refractivity contribution in [3.63, 3.8) is 0 Å². The van der Waals surface area contributed by atoms with Crippen LogP contribution in [-0.4, -0.2) is 40.9 Å². The molecular formula is C12H20N4OS. The zero-order valence-electron chi connectivity index (χ0n) is 11.0. The Morgan fingerprint density at radius 3 is 2.83 bits per heavy atom. The van der Waals surface area contributed by atoms with Gasteiger partial charge in [-0.05, 0) is 32.4 Å². The van der Waals surface area contributed by atoms with E-state index in [0.717, 1.165) is 18.0 Å². The number of hydrazine groups is 1. The van der Waals surface area contributed by atoms with Crippen LogP contribution in [0.3, 0.4) is 0 Å². The molecule has 0 saturated heterocycles. The van der Waals surface area contributed by atoms with Crippen LogP contribution in [0.25, 0.3) is 0 Å². The molecule has 0 fully saturated rings. The number of carbonyl (C=O) groups excluding carboxylic acids is 1. The van der Waals surface area contributed by atoms with E-state index in [4.69, 9.17) is 5.84 Å². The first-order valence-electron chi connectivity index (χ1n) is 5.73. The van der Waals surface area contributed by atoms with E-state index >= 15 is 0 Å². The Labute approximate surface area is 112 Å². The monoisotopic (exact) mass is 268 g/mol. The van der Waals surface area contributed by atoms with Crippen molar-refractivity contribution in [2.75, 3.05) is 19.1 Å². The summed E-state index contributed by atoms with van der Waals surface area (Å²) in [6, 6.07) is 4.08. The molecule has 1 rings (SSSR count). The molecule has 0 aliphatic rings. The largest absolute Gasteiger partial charge is 0.297 e. The Morgan fingerprint density at radius 1 is 1.61 bits per heavy atom. The van der Waals surface area contributed by atoms with Gasteiger partial charge in [-0.3, -0.25) is 20.1 Å². The highest BCUT2D eigenvalue weighted by atomic mass is 32.2. The number of pyridine rings is 1. The molecule has 0 spiro atoms. The molecule has 3 N–H and O–H groups in total. The maximum absolute atomic E-state index is 11.3. The first-order chi connectivity index (χ1) is 8.58. The summed E-state index contributed by atoms with van der Waals surface area (Å²) in [7, 11) is 2.07. The number of carbonyl (C=O) groups is 1. The van der Waals surface area contributed by atoms with Crippen LogP contribution in [0.15, 0.2) is 18.3 Å². The van der Waals surface area contributed by atoms with E-state index in [1.54, 1.807) is 12.3 Å². The van der Waals surface area contributed by atoms with Crippen molar-refractivity contribution in [2.45, 2.75) is 19.5 Å². The van der Waals surface area contributed by atoms with Crippen molar-refractivity contribution in [3.05, 3.63) is 29.6 Å². The van der Waals surface area contributed by atoms with Gasteiger partial charge in [-0.15, -0.1) is 0 Å². The van der Waals surface area contributed by atoms with Crippen LogP contribution in [0.4, 0.5) is 0 Å². The second kappa shape index (κ2) is 7.35. The molecule has 1 heterocycles. The molecule has 100 valence electrons. The van der Waals surface area contributed by atoms with Crippen LogP contribution in [0.5, 0.6) is 0 Å². The number of nitrogens with zero attached hydrogens (tertiary/aromatic N) is 2. The van der Waals surface area contributed by atoms with Crippen LogP contribution < -0.4 is 11.3 Å². The van der Waals surface area contributed by atoms with Crippen molar-refractivity contribution in [1.82, 2.24) is 15.3 Å². The molecule has 1 aromatic rings. The molecule has 0 bridgehead atoms. The number of aromatic nitrogens is 1. The number of nitrogen functional groups attached to an aromatic ring is 1. The molecule has 5 nitrogen and oxygen atoms in total. The van der Waals surface area contributed by atoms with E-state index in [2.05, 4.69) is 35.5 Å². The van der Waals surface area contributed by atoms with Crippen molar-refractivity contribution >= 4 is 17.7 Å². The molecule has 1 aromatic heterocycles. The molecule has 1 amide bonds. The molecule has 1 unspecified atom stereocenters. The van der Waals surface area contributed by atoms with Gasteiger partial charge in [0.1, 0.15) is 0 Å². The average Bonchev–Trinajstić information content (AvgIpc) is 2.39. The number of amides is 1. The normalized spacial score (nSPS) is 12.5. The molecule has 0 saturated carbocycles. The van der Waals surface area contributed by atoms with Crippen molar-refractivity contribution in [3.8, 4) is 0 Å². The van der Waals surface area contributed by atoms with Crippen LogP contribution in [0, 0.1) is 0 Å². The van der Waals surface area contributed by atoms with E-state index in [-0.39, 0.29) is 5.91 Å². The van der Waals surface area contributed by atoms with Gasteiger partial charge in [0.2, 0.25) is 0 Å². The first-order valence-corrected chi connectivity index (χ1v) is 7.13. The molecule has 18 heavy (non-hydrogen) atoms. The zero-order chi connectivity index (χ0) is 13.5. The van der Waals surface area contributed by atoms with Crippen LogP contribution >= 0.6 is 11.8 Å². The van der Waals surface area contributed by atoms with Crippen molar-refractivity contribution in [2.24, 2.45) is 5.84 Å². The molecule has 0 radical (unpaired) electrons. The molecular weight excluding hydrogens is 248 g/mol. The lowest BCUT2D eigenvalue weighted by atomic mass is 10.2. The van der Waals surface area contributed by atoms with Gasteiger partial charge in [0.25, 0.3) is 5.91 Å². The number of rotatable bonds is 6. The maximum Gasteiger partial charge on any atom is 0.266 e. The quantitative estimate of drug-likeness (QED) is 0.455. The summed E-state index contributed by atoms with van der Waals surface area (Å²) in [5.74, 6) is 5.82. The SMILES string of the molecule is CSCC(C)N(C)Cc1ccc(C(=O)NN)cn1. The molecule has 1 atom stereocenters. The standard InChI is InChI=1S/C12H20N4OS/c1-9(8-18-3)16(2)7-11-5-4-10(6-14-11)12(17)15-13/h4-6,9H,7-8,13H2,1-3H3,(H,15,17). The highest BCUT2D eigenvalue weighted by Gasteiger charge is 2.10. The Hall–Kier alpha value is -1.11. The molecule has 6 heteroatoms. The Balaban J connectivity index is 2.60. The van der Waals surface area contributed by atoms with E-state index in [0.29, 0.717) is 11.6 Å². The van der Waals surface area contributed by atoms with Crippen molar-refractivity contribution in [1.29, 1.82) is 0 Å². The van der Waals surface area contributed by atoms with Gasteiger partial charge in [-0.1, -0.05) is 0 Å². The van der Waals surface area contributed by atoms with Gasteiger partial charge in [-0.25, -0.2) is 5.84 Å². The van der Waals surface area contributed by atoms with E-state index in [1.165, 1.54) is 0 Å². The lowest BCUT2D eigenvalue weighted by Gasteiger charge is -2.23. The lowest BCUT2D eigenvalue weighted by molar-refractivity contribution is 0.0953. The van der Waals surface area contributed by atoms with Crippen LogP contribution in [0.2, 0.25) is 0 Å². The van der Waals surface area contributed by atoms with Gasteiger partial charge >= 0.3 is 0 Å². The Bertz CT molecular complexity index is 382. The summed E-state index contributed by atoms with van der Waals surface area (Å²) in [4.78, 5) is 17.8. The van der Waals surface area contributed by atoms with E-state index in [1.807, 2.05) is 17.8 Å². The Kier molecular flexibility index (Phi) is 6.11. The summed E-state index contributed by atoms with van der Waals surface area (Å²) in [5.41, 5.74) is 3.50. The summed E-state index contributed by atoms with van der Waals surface area (Å²) < 4.78 is 0. The average molecular weight is 268 g/mol. The number of nitrogens with two attached hydrogens (primary N) is 1. The minimum atomic E-state index is -0.321. The highest BCUT2D eigenvalue weighted by molar-refractivity contribution is 7.98. The predicted octanol–water partition coefficient (Wildman–Crippen LogP) is 0.868. The van der Waals surface area contributed by atoms with Gasteiger partial charge in [0.05, 0.1) is 11.3 Å². The maximum atomic E-state index is 11.3. The topological polar surface area (TPSA) is 71.2 Å². The third kappa shape index (κ3) is 4.29. The zero-order valence-corrected chi connectivity index (χ0v) is 11.8. The van der Waals surface area contributed by atoms with Gasteiger partial charge in [0, 0.05) is 24.5 Å². The smallest absolute Gasteiger partial charge is 0.266 e. The first kappa shape index (κ1) is 14.9. The fraction of sp³-hybridized carbons (Fsp3) is 0.500. The van der Waals surface area contributed by atoms with Gasteiger partial charge in [-0.2, -0.15) is 11.8 Å². The van der Waals surface area contributed by atoms with Crippen LogP contribution in [0.1, 0.15) is 23.0 Å². The minimum absolute atomic E-state index is 0.321. The molecule has 0 aliphatic heterocycles. The minimum Gasteiger partial charge on any atom is -0.297 e. The fourth-order valence-corrected chi connectivity index (χ4v) is 2.25. The third-order valence-corrected chi connectivity index (χ3v) is 3.61. The van der Waals surface area contributed by atoms with E-state index in [9.17, 15) is 4.79 Å². The summed E-state index contributed by atoms with van der Waals surface area (Å²) >= 11 is 1.83. The Morgan fingerprint density at radius 2 is 2.33 bits per heavy atom. The molecule has 0 aliphatic carbocycles. The highest BCUT2D eigenvalue weighted by Crippen LogP contribution is 2.08. The molecule has 0 aromatic carbocycles. The predicted molar refractivity (Wildman–Crippen MR) is 75.2 cm³/mol. The number of nitrogens with one attached hydrogen (secondary N) is 1. The van der Waals surface area contributed by atoms with Crippen LogP contribution in [-0.2, 0) is 6.54 Å². The lowest BCUT2D eigenvalue weighted by Crippen LogP contribution is -2.31. The second-order valence-electron chi connectivity index (χ2n) is 4.23.